The Morgan fingerprint density at radius 1 is 1.53 bits per heavy atom. The standard InChI is InChI=1S/C11H19N3O/c1(6-14-7-2-5-13-14)4-12-9-11-3-8-15-10-11/h2,5,7,11-12H,1,3-4,6,8-10H2. The molecule has 4 heteroatoms. The van der Waals surface area contributed by atoms with Crippen LogP contribution < -0.4 is 5.32 Å². The van der Waals surface area contributed by atoms with Crippen LogP contribution in [0, 0.1) is 5.92 Å². The highest BCUT2D eigenvalue weighted by Crippen LogP contribution is 2.10. The molecule has 1 aromatic rings. The summed E-state index contributed by atoms with van der Waals surface area (Å²) >= 11 is 0. The van der Waals surface area contributed by atoms with Crippen molar-refractivity contribution in [3.05, 3.63) is 18.5 Å². The third kappa shape index (κ3) is 3.64. The van der Waals surface area contributed by atoms with Gasteiger partial charge in [0.05, 0.1) is 6.61 Å². The number of hydrogen-bond donors (Lipinski definition) is 1. The lowest BCUT2D eigenvalue weighted by atomic mass is 10.1. The van der Waals surface area contributed by atoms with E-state index in [1.165, 1.54) is 6.42 Å². The average Bonchev–Trinajstić information content (AvgIpc) is 2.88. The van der Waals surface area contributed by atoms with Gasteiger partial charge in [-0.3, -0.25) is 4.68 Å². The van der Waals surface area contributed by atoms with E-state index in [9.17, 15) is 0 Å². The molecule has 1 saturated heterocycles. The monoisotopic (exact) mass is 209 g/mol. The van der Waals surface area contributed by atoms with Gasteiger partial charge < -0.3 is 10.1 Å². The van der Waals surface area contributed by atoms with Crippen LogP contribution >= 0.6 is 0 Å². The molecule has 1 fully saturated rings. The van der Waals surface area contributed by atoms with Crippen molar-refractivity contribution in [1.29, 1.82) is 0 Å². The molecule has 0 spiro atoms. The Labute approximate surface area is 90.6 Å². The summed E-state index contributed by atoms with van der Waals surface area (Å²) in [6, 6.07) is 1.96. The van der Waals surface area contributed by atoms with E-state index in [0.29, 0.717) is 0 Å². The van der Waals surface area contributed by atoms with Crippen LogP contribution in [-0.2, 0) is 11.3 Å². The number of aromatic nitrogens is 2. The number of hydrogen-bond acceptors (Lipinski definition) is 3. The summed E-state index contributed by atoms with van der Waals surface area (Å²) in [6.45, 7) is 5.04. The normalized spacial score (nSPS) is 20.9. The first-order chi connectivity index (χ1) is 7.45. The smallest absolute Gasteiger partial charge is 0.0507 e. The Balaban J connectivity index is 1.48. The predicted molar refractivity (Wildman–Crippen MR) is 58.6 cm³/mol. The van der Waals surface area contributed by atoms with Crippen molar-refractivity contribution in [3.8, 4) is 0 Å². The predicted octanol–water partition coefficient (Wildman–Crippen LogP) is 0.899. The molecule has 0 aromatic carbocycles. The highest BCUT2D eigenvalue weighted by Gasteiger charge is 2.14. The van der Waals surface area contributed by atoms with Crippen molar-refractivity contribution in [3.63, 3.8) is 0 Å². The Bertz CT molecular complexity index is 255. The van der Waals surface area contributed by atoms with Gasteiger partial charge in [-0.25, -0.2) is 0 Å². The first kappa shape index (κ1) is 10.6. The van der Waals surface area contributed by atoms with Gasteiger partial charge in [-0.2, -0.15) is 5.10 Å². The summed E-state index contributed by atoms with van der Waals surface area (Å²) in [4.78, 5) is 0. The Morgan fingerprint density at radius 2 is 2.53 bits per heavy atom. The highest BCUT2D eigenvalue weighted by atomic mass is 16.5. The number of ether oxygens (including phenoxy) is 1. The van der Waals surface area contributed by atoms with Gasteiger partial charge in [0.1, 0.15) is 0 Å². The maximum absolute atomic E-state index is 5.32. The van der Waals surface area contributed by atoms with Gasteiger partial charge in [0, 0.05) is 32.1 Å². The molecule has 4 nitrogen and oxygen atoms in total. The lowest BCUT2D eigenvalue weighted by molar-refractivity contribution is 0.185. The van der Waals surface area contributed by atoms with Crippen molar-refractivity contribution in [2.75, 3.05) is 26.3 Å². The minimum Gasteiger partial charge on any atom is -0.381 e. The highest BCUT2D eigenvalue weighted by molar-refractivity contribution is 4.77. The molecule has 0 saturated carbocycles. The first-order valence-electron chi connectivity index (χ1n) is 5.71. The van der Waals surface area contributed by atoms with E-state index in [1.807, 2.05) is 23.1 Å². The van der Waals surface area contributed by atoms with Crippen molar-refractivity contribution in [2.24, 2.45) is 5.92 Å². The van der Waals surface area contributed by atoms with E-state index < -0.39 is 0 Å². The van der Waals surface area contributed by atoms with Crippen LogP contribution in [0.1, 0.15) is 12.8 Å². The molecule has 1 N–H and O–H groups in total. The zero-order chi connectivity index (χ0) is 10.3. The van der Waals surface area contributed by atoms with Gasteiger partial charge >= 0.3 is 0 Å². The quantitative estimate of drug-likeness (QED) is 0.707. The lowest BCUT2D eigenvalue weighted by Gasteiger charge is -2.08. The van der Waals surface area contributed by atoms with Gasteiger partial charge in [-0.05, 0) is 31.4 Å². The summed E-state index contributed by atoms with van der Waals surface area (Å²) < 4.78 is 7.29. The molecule has 84 valence electrons. The maximum Gasteiger partial charge on any atom is 0.0507 e. The molecule has 2 rings (SSSR count). The van der Waals surface area contributed by atoms with Crippen molar-refractivity contribution in [2.45, 2.75) is 19.4 Å². The molecule has 1 aliphatic rings. The number of nitrogens with one attached hydrogen (secondary N) is 1. The molecular formula is C11H19N3O. The summed E-state index contributed by atoms with van der Waals surface area (Å²) in [5.74, 6) is 0.731. The number of rotatable bonds is 6. The van der Waals surface area contributed by atoms with E-state index in [0.717, 1.165) is 45.2 Å². The molecular weight excluding hydrogens is 190 g/mol. The van der Waals surface area contributed by atoms with Crippen molar-refractivity contribution >= 4 is 0 Å². The third-order valence-corrected chi connectivity index (χ3v) is 2.76. The second kappa shape index (κ2) is 5.88. The summed E-state index contributed by atoms with van der Waals surface area (Å²) in [5, 5.41) is 7.63. The van der Waals surface area contributed by atoms with Crippen LogP contribution in [0.4, 0.5) is 0 Å². The van der Waals surface area contributed by atoms with Crippen LogP contribution in [0.2, 0.25) is 0 Å². The van der Waals surface area contributed by atoms with Gasteiger partial charge in [-0.1, -0.05) is 0 Å². The zero-order valence-electron chi connectivity index (χ0n) is 9.06. The fourth-order valence-corrected chi connectivity index (χ4v) is 1.85. The zero-order valence-corrected chi connectivity index (χ0v) is 9.06. The van der Waals surface area contributed by atoms with Crippen LogP contribution in [-0.4, -0.2) is 36.1 Å². The van der Waals surface area contributed by atoms with Gasteiger partial charge in [0.15, 0.2) is 0 Å². The summed E-state index contributed by atoms with van der Waals surface area (Å²) in [5.41, 5.74) is 0. The molecule has 2 heterocycles. The van der Waals surface area contributed by atoms with E-state index in [2.05, 4.69) is 10.4 Å². The molecule has 1 aliphatic heterocycles. The van der Waals surface area contributed by atoms with E-state index in [1.54, 1.807) is 0 Å². The molecule has 1 atom stereocenters. The molecule has 0 aliphatic carbocycles. The second-order valence-electron chi connectivity index (χ2n) is 4.06. The molecule has 0 amide bonds. The Morgan fingerprint density at radius 3 is 3.27 bits per heavy atom. The third-order valence-electron chi connectivity index (χ3n) is 2.76. The van der Waals surface area contributed by atoms with E-state index in [4.69, 9.17) is 4.74 Å². The Kier molecular flexibility index (Phi) is 4.17. The maximum atomic E-state index is 5.32. The molecule has 1 aromatic heterocycles. The van der Waals surface area contributed by atoms with Crippen LogP contribution in [0.25, 0.3) is 0 Å². The number of aryl methyl sites for hydroxylation is 1. The number of nitrogens with zero attached hydrogens (tertiary/aromatic N) is 2. The van der Waals surface area contributed by atoms with Gasteiger partial charge in [0.2, 0.25) is 0 Å². The summed E-state index contributed by atoms with van der Waals surface area (Å²) in [7, 11) is 0. The van der Waals surface area contributed by atoms with Crippen LogP contribution in [0.5, 0.6) is 0 Å². The lowest BCUT2D eigenvalue weighted by Crippen LogP contribution is -2.24. The molecule has 0 radical (unpaired) electrons. The summed E-state index contributed by atoms with van der Waals surface area (Å²) in [6.07, 6.45) is 6.18. The minimum atomic E-state index is 0.731. The fraction of sp³-hybridized carbons (Fsp3) is 0.727. The Hall–Kier alpha value is -0.870. The SMILES string of the molecule is c1cnn(CCCNCC2CCOC2)c1. The molecule has 1 unspecified atom stereocenters. The van der Waals surface area contributed by atoms with E-state index in [-0.39, 0.29) is 0 Å². The van der Waals surface area contributed by atoms with Crippen LogP contribution in [0.3, 0.4) is 0 Å². The van der Waals surface area contributed by atoms with Gasteiger partial charge in [-0.15, -0.1) is 0 Å². The van der Waals surface area contributed by atoms with Crippen LogP contribution in [0.15, 0.2) is 18.5 Å². The van der Waals surface area contributed by atoms with E-state index >= 15 is 0 Å². The van der Waals surface area contributed by atoms with Gasteiger partial charge in [0.25, 0.3) is 0 Å². The average molecular weight is 209 g/mol. The first-order valence-corrected chi connectivity index (χ1v) is 5.71. The van der Waals surface area contributed by atoms with Crippen molar-refractivity contribution < 1.29 is 4.74 Å². The minimum absolute atomic E-state index is 0.731. The molecule has 15 heavy (non-hydrogen) atoms. The molecule has 0 bridgehead atoms. The topological polar surface area (TPSA) is 39.1 Å². The second-order valence-corrected chi connectivity index (χ2v) is 4.06. The fourth-order valence-electron chi connectivity index (χ4n) is 1.85. The van der Waals surface area contributed by atoms with Crippen molar-refractivity contribution in [1.82, 2.24) is 15.1 Å². The largest absolute Gasteiger partial charge is 0.381 e.